The first-order valence-electron chi connectivity index (χ1n) is 44.6. The topological polar surface area (TPSA) is 515 Å². The van der Waals surface area contributed by atoms with Gasteiger partial charge in [-0.15, -0.1) is 11.8 Å². The Morgan fingerprint density at radius 1 is 0.519 bits per heavy atom. The van der Waals surface area contributed by atoms with Gasteiger partial charge in [0.15, 0.2) is 17.5 Å². The number of phenols is 2. The number of phenolic OH excluding ortho intramolecular Hbond substituents is 2. The molecule has 3 saturated heterocycles. The van der Waals surface area contributed by atoms with Crippen LogP contribution in [0, 0.1) is 23.4 Å². The molecule has 0 spiro atoms. The molecule has 7 aromatic rings. The van der Waals surface area contributed by atoms with Gasteiger partial charge in [0, 0.05) is 95.6 Å². The van der Waals surface area contributed by atoms with E-state index in [0.29, 0.717) is 75.5 Å². The Morgan fingerprint density at radius 3 is 1.57 bits per heavy atom. The summed E-state index contributed by atoms with van der Waals surface area (Å²) >= 11 is 0.658. The van der Waals surface area contributed by atoms with Crippen LogP contribution in [0.15, 0.2) is 152 Å². The lowest BCUT2D eigenvalue weighted by atomic mass is 9.98. The number of hydrogen-bond acceptors (Lipinski definition) is 21. The number of thioether (sulfide) groups is 1. The average molecular weight is 1890 g/mol. The summed E-state index contributed by atoms with van der Waals surface area (Å²) in [6, 6.07) is 15.6. The van der Waals surface area contributed by atoms with E-state index in [4.69, 9.17) is 16.2 Å². The number of aromatic nitrogens is 1. The maximum absolute atomic E-state index is 15.8. The Morgan fingerprint density at radius 2 is 1.00 bits per heavy atom. The van der Waals surface area contributed by atoms with E-state index in [2.05, 4.69) is 52.8 Å². The van der Waals surface area contributed by atoms with E-state index in [1.165, 1.54) is 79.5 Å². The third-order valence-electron chi connectivity index (χ3n) is 24.1. The number of H-pyrrole nitrogens is 1. The van der Waals surface area contributed by atoms with Gasteiger partial charge < -0.3 is 104 Å². The molecule has 0 aliphatic carbocycles. The monoisotopic (exact) mass is 1890 g/mol. The van der Waals surface area contributed by atoms with Crippen molar-refractivity contribution < 1.29 is 105 Å². The lowest BCUT2D eigenvalue weighted by Gasteiger charge is -2.38. The summed E-state index contributed by atoms with van der Waals surface area (Å²) in [7, 11) is 3.81. The number of para-hydroxylation sites is 1. The van der Waals surface area contributed by atoms with Crippen molar-refractivity contribution in [2.75, 3.05) is 65.4 Å². The van der Waals surface area contributed by atoms with Gasteiger partial charge in [0.05, 0.1) is 12.3 Å². The first-order valence-corrected chi connectivity index (χ1v) is 45.8. The number of halogens is 3. The summed E-state index contributed by atoms with van der Waals surface area (Å²) in [5.74, 6) is -21.9. The van der Waals surface area contributed by atoms with Crippen LogP contribution in [-0.2, 0) is 120 Å². The van der Waals surface area contributed by atoms with Crippen molar-refractivity contribution in [3.8, 4) is 11.5 Å². The zero-order valence-electron chi connectivity index (χ0n) is 75.7. The van der Waals surface area contributed by atoms with Gasteiger partial charge in [-0.05, 0) is 127 Å². The van der Waals surface area contributed by atoms with Gasteiger partial charge in [-0.3, -0.25) is 76.7 Å². The smallest absolute Gasteiger partial charge is 0.293 e. The molecule has 3 fully saturated rings. The van der Waals surface area contributed by atoms with Crippen molar-refractivity contribution >= 4 is 118 Å². The molecular weight excluding hydrogens is 1770 g/mol. The van der Waals surface area contributed by atoms with Crippen molar-refractivity contribution in [3.05, 3.63) is 203 Å². The highest BCUT2D eigenvalue weighted by atomic mass is 32.2. The number of carbonyl (C=O) groups is 16. The predicted octanol–water partition coefficient (Wildman–Crippen LogP) is 1.81. The van der Waals surface area contributed by atoms with Crippen LogP contribution in [0.3, 0.4) is 0 Å². The number of aromatic amines is 1. The third kappa shape index (κ3) is 28.1. The van der Waals surface area contributed by atoms with Crippen LogP contribution < -0.4 is 59.3 Å². The van der Waals surface area contributed by atoms with Gasteiger partial charge in [0.1, 0.15) is 96.6 Å². The molecule has 0 unspecified atom stereocenters. The second-order valence-electron chi connectivity index (χ2n) is 34.1. The zero-order valence-corrected chi connectivity index (χ0v) is 76.5. The largest absolute Gasteiger partial charge is 0.508 e. The summed E-state index contributed by atoms with van der Waals surface area (Å²) in [6.07, 6.45) is 0.247. The number of nitrogens with one attached hydrogen (secondary N) is 10. The summed E-state index contributed by atoms with van der Waals surface area (Å²) in [4.78, 5) is 246. The van der Waals surface area contributed by atoms with E-state index in [-0.39, 0.29) is 114 Å². The average Bonchev–Trinajstić information content (AvgIpc) is 1.78. The van der Waals surface area contributed by atoms with E-state index in [0.717, 1.165) is 14.7 Å². The molecule has 4 heterocycles. The number of fused-ring (bicyclic) bond motifs is 3. The fraction of sp³-hybridized carbons (Fsp3) is 0.432. The molecule has 722 valence electrons. The first-order chi connectivity index (χ1) is 64.6. The molecular formula is C95H116F3N17O19S. The fourth-order valence-electron chi connectivity index (χ4n) is 16.7. The Labute approximate surface area is 782 Å². The summed E-state index contributed by atoms with van der Waals surface area (Å²) < 4.78 is 50.2. The minimum atomic E-state index is -1.87. The number of carbonyl (C=O) groups excluding carboxylic acids is 16. The Hall–Kier alpha value is -13.9. The second kappa shape index (κ2) is 49.2. The number of amides is 15. The van der Waals surface area contributed by atoms with Gasteiger partial charge in [-0.2, -0.15) is 0 Å². The number of benzene rings is 6. The highest BCUT2D eigenvalue weighted by molar-refractivity contribution is 8.00. The minimum Gasteiger partial charge on any atom is -0.508 e. The standard InChI is InChI=1S/C95H116F3N17O19S/c1-7-8-25-76-94(132)115-39-18-27-75(115)89(127)108-72(50-134-53-116)87(125)110-82(54(2)3)95(133)112(5)77(45-55-19-11-9-12-20-55)90(128)107-71(43-58-30-34-62(118)35-31-58)92(130)114-38-17-26-74(114)88(126)106-69(47-60-48-101-66-24-16-15-23-63(60)66)86(124)105-68(42-57-28-32-61(117)33-29-57)85(123)104-67(36-37-99)84(122)109-73(83(121)102-49-79(100)119)51-135-52-80(120)103-70(44-59-40-64(96)81(98)65(97)41-59)91(129)113(6)78(93(131)111(76)4)46-56-21-13-10-14-22-56/h9-16,19-24,28-35,40-41,48,53-54,67-78,82,101,117-118H,7-8,17-18,25-27,36-39,42-47,49-52,99H2,1-6H3,(H2,100,119)(H,102,121)(H,103,120)(H,104,123)(H,105,124)(H,106,126)(H,107,128)(H,108,127)(H,109,122)(H,110,125)/t67-,68-,69-,70-,71-,72-,73-,74+,75+,76-,77-,78-,82-/m0/s1. The summed E-state index contributed by atoms with van der Waals surface area (Å²) in [5.41, 5.74) is 14.1. The van der Waals surface area contributed by atoms with Gasteiger partial charge in [0.25, 0.3) is 6.47 Å². The van der Waals surface area contributed by atoms with E-state index in [1.54, 1.807) is 105 Å². The molecule has 6 aromatic carbocycles. The third-order valence-corrected chi connectivity index (χ3v) is 25.1. The molecule has 36 nitrogen and oxygen atoms in total. The summed E-state index contributed by atoms with van der Waals surface area (Å²) in [5, 5.41) is 45.2. The molecule has 13 atom stereocenters. The SMILES string of the molecule is CCCC[C@H]1C(=O)N2CCC[C@@H]2C(=O)N[C@@H](COC=O)C(=O)N[C@@H](C(C)C)C(=O)N(C)[C@@H](Cc2ccccc2)C(=O)N[C@@H](Cc2ccc(O)cc2)C(=O)N2CCC[C@@H]2C(=O)N[C@@H](Cc2c[nH]c3ccccc23)C(=O)N[C@@H](Cc2ccc(O)cc2)C(=O)N[C@@H](CCN)C(=O)N[C@H](C(=O)NCC(N)=O)CSCC(=O)N[C@@H](Cc2cc(F)c(F)c(F)c2)C(=O)N(C)[C@@H](Cc2ccccc2)C(=O)N1C. The molecule has 1 aromatic heterocycles. The van der Waals surface area contributed by atoms with Gasteiger partial charge in [-0.25, -0.2) is 13.2 Å². The molecule has 3 aliphatic heterocycles. The molecule has 40 heteroatoms. The number of nitrogens with two attached hydrogens (primary N) is 2. The van der Waals surface area contributed by atoms with E-state index >= 15 is 51.9 Å². The van der Waals surface area contributed by atoms with Crippen LogP contribution in [0.1, 0.15) is 106 Å². The highest BCUT2D eigenvalue weighted by Gasteiger charge is 2.46. The van der Waals surface area contributed by atoms with Crippen LogP contribution in [0.4, 0.5) is 13.2 Å². The van der Waals surface area contributed by atoms with Crippen molar-refractivity contribution in [2.24, 2.45) is 17.4 Å². The highest BCUT2D eigenvalue weighted by Crippen LogP contribution is 2.29. The molecule has 0 saturated carbocycles. The number of unbranched alkanes of at least 4 members (excludes halogenated alkanes) is 1. The molecule has 16 N–H and O–H groups in total. The van der Waals surface area contributed by atoms with Crippen molar-refractivity contribution in [1.29, 1.82) is 0 Å². The molecule has 10 rings (SSSR count). The summed E-state index contributed by atoms with van der Waals surface area (Å²) in [6.45, 7) is 2.95. The molecule has 0 bridgehead atoms. The molecule has 3 aliphatic rings. The van der Waals surface area contributed by atoms with Crippen LogP contribution in [-0.4, -0.2) is 279 Å². The number of aromatic hydroxyl groups is 2. The maximum atomic E-state index is 15.8. The molecule has 15 amide bonds. The van der Waals surface area contributed by atoms with Crippen LogP contribution in [0.25, 0.3) is 10.9 Å². The number of ether oxygens (including phenoxy) is 1. The quantitative estimate of drug-likeness (QED) is 0.0303. The normalized spacial score (nSPS) is 23.3. The lowest BCUT2D eigenvalue weighted by Crippen LogP contribution is -2.62. The van der Waals surface area contributed by atoms with E-state index in [9.17, 15) is 48.2 Å². The predicted molar refractivity (Wildman–Crippen MR) is 490 cm³/mol. The Balaban J connectivity index is 1.05. The molecule has 0 radical (unpaired) electrons. The Bertz CT molecular complexity index is 5370. The number of hydrogen-bond donors (Lipinski definition) is 14. The Kier molecular flexibility index (Phi) is 37.6. The van der Waals surface area contributed by atoms with Crippen LogP contribution in [0.2, 0.25) is 0 Å². The lowest BCUT2D eigenvalue weighted by molar-refractivity contribution is -0.152. The number of rotatable bonds is 24. The van der Waals surface area contributed by atoms with E-state index in [1.807, 2.05) is 6.92 Å². The van der Waals surface area contributed by atoms with Crippen molar-refractivity contribution in [3.63, 3.8) is 0 Å². The van der Waals surface area contributed by atoms with E-state index < -0.39 is 222 Å². The number of primary amides is 1. The molecule has 135 heavy (non-hydrogen) atoms. The van der Waals surface area contributed by atoms with Crippen molar-refractivity contribution in [2.45, 2.75) is 189 Å². The fourth-order valence-corrected chi connectivity index (χ4v) is 17.5. The minimum absolute atomic E-state index is 0.00277. The number of likely N-dealkylation sites (N-methyl/N-ethyl adjacent to an activating group) is 3. The maximum Gasteiger partial charge on any atom is 0.293 e. The van der Waals surface area contributed by atoms with Gasteiger partial charge >= 0.3 is 0 Å². The van der Waals surface area contributed by atoms with Crippen LogP contribution in [0.5, 0.6) is 11.5 Å². The first kappa shape index (κ1) is 103. The van der Waals surface area contributed by atoms with Gasteiger partial charge in [-0.1, -0.05) is 137 Å². The van der Waals surface area contributed by atoms with Crippen LogP contribution >= 0.6 is 11.8 Å². The zero-order chi connectivity index (χ0) is 97.9. The van der Waals surface area contributed by atoms with Crippen molar-refractivity contribution in [1.82, 2.24) is 77.3 Å². The number of nitrogens with zero attached hydrogens (tertiary/aromatic N) is 5. The second-order valence-corrected chi connectivity index (χ2v) is 35.1. The van der Waals surface area contributed by atoms with Gasteiger partial charge in [0.2, 0.25) is 88.6 Å².